The maximum Gasteiger partial charge on any atom is 0.193 e. The molecule has 1 heterocycles. The summed E-state index contributed by atoms with van der Waals surface area (Å²) in [5.41, 5.74) is 0. The number of nitrogens with one attached hydrogen (secondary N) is 1. The summed E-state index contributed by atoms with van der Waals surface area (Å²) < 4.78 is 5.62. The van der Waals surface area contributed by atoms with Crippen molar-refractivity contribution >= 4 is 5.96 Å². The quantitative estimate of drug-likeness (QED) is 0.647. The summed E-state index contributed by atoms with van der Waals surface area (Å²) >= 11 is 0. The van der Waals surface area contributed by atoms with E-state index < -0.39 is 0 Å². The first-order valence-electron chi connectivity index (χ1n) is 7.07. The van der Waals surface area contributed by atoms with Crippen molar-refractivity contribution in [3.8, 4) is 0 Å². The number of hydrogen-bond donors (Lipinski definition) is 1. The van der Waals surface area contributed by atoms with Gasteiger partial charge >= 0.3 is 0 Å². The zero-order valence-electron chi connectivity index (χ0n) is 12.1. The molecule has 0 unspecified atom stereocenters. The van der Waals surface area contributed by atoms with Crippen LogP contribution in [-0.2, 0) is 4.74 Å². The molecule has 0 amide bonds. The van der Waals surface area contributed by atoms with E-state index in [9.17, 15) is 0 Å². The van der Waals surface area contributed by atoms with Crippen LogP contribution in [0.5, 0.6) is 0 Å². The monoisotopic (exact) mass is 256 g/mol. The number of guanidine groups is 1. The average molecular weight is 256 g/mol. The highest BCUT2D eigenvalue weighted by Crippen LogP contribution is 1.97. The van der Waals surface area contributed by atoms with Gasteiger partial charge < -0.3 is 19.9 Å². The molecule has 0 aromatic rings. The molecule has 0 aromatic heterocycles. The van der Waals surface area contributed by atoms with Gasteiger partial charge in [-0.1, -0.05) is 13.8 Å². The molecule has 0 aromatic carbocycles. The molecule has 0 radical (unpaired) electrons. The standard InChI is InChI=1S/C13H28N4O/c1-4-17(5-2)10-12-18-11-8-15-13-14-7-6-9-16(13)3/h4-12H2,1-3H3,(H,14,15). The van der Waals surface area contributed by atoms with Crippen molar-refractivity contribution in [3.05, 3.63) is 0 Å². The Bertz CT molecular complexity index is 241. The van der Waals surface area contributed by atoms with Gasteiger partial charge in [-0.25, -0.2) is 0 Å². The van der Waals surface area contributed by atoms with E-state index in [1.165, 1.54) is 0 Å². The van der Waals surface area contributed by atoms with E-state index in [-0.39, 0.29) is 0 Å². The second kappa shape index (κ2) is 9.16. The second-order valence-corrected chi connectivity index (χ2v) is 4.55. The van der Waals surface area contributed by atoms with E-state index in [1.807, 2.05) is 0 Å². The molecule has 1 aliphatic rings. The summed E-state index contributed by atoms with van der Waals surface area (Å²) in [6, 6.07) is 0. The highest BCUT2D eigenvalue weighted by Gasteiger charge is 2.09. The first-order chi connectivity index (χ1) is 8.77. The Morgan fingerprint density at radius 3 is 2.78 bits per heavy atom. The third-order valence-electron chi connectivity index (χ3n) is 3.25. The van der Waals surface area contributed by atoms with Crippen LogP contribution in [-0.4, -0.2) is 75.3 Å². The number of nitrogens with zero attached hydrogens (tertiary/aromatic N) is 3. The van der Waals surface area contributed by atoms with Gasteiger partial charge in [0.15, 0.2) is 5.96 Å². The van der Waals surface area contributed by atoms with Gasteiger partial charge in [-0.3, -0.25) is 4.99 Å². The Morgan fingerprint density at radius 2 is 2.11 bits per heavy atom. The number of aliphatic imine (C=N–C) groups is 1. The summed E-state index contributed by atoms with van der Waals surface area (Å²) in [4.78, 5) is 8.98. The summed E-state index contributed by atoms with van der Waals surface area (Å²) in [6.07, 6.45) is 1.15. The number of rotatable bonds is 8. The van der Waals surface area contributed by atoms with E-state index in [2.05, 4.69) is 41.0 Å². The fourth-order valence-electron chi connectivity index (χ4n) is 1.98. The number of likely N-dealkylation sites (N-methyl/N-ethyl adjacent to an activating group) is 1. The second-order valence-electron chi connectivity index (χ2n) is 4.55. The van der Waals surface area contributed by atoms with Crippen LogP contribution in [0.15, 0.2) is 4.99 Å². The van der Waals surface area contributed by atoms with Gasteiger partial charge in [0.05, 0.1) is 13.2 Å². The van der Waals surface area contributed by atoms with Gasteiger partial charge in [0.25, 0.3) is 0 Å². The molecule has 5 heteroatoms. The molecular weight excluding hydrogens is 228 g/mol. The predicted molar refractivity (Wildman–Crippen MR) is 76.2 cm³/mol. The van der Waals surface area contributed by atoms with Crippen LogP contribution in [0.4, 0.5) is 0 Å². The first-order valence-corrected chi connectivity index (χ1v) is 7.07. The Kier molecular flexibility index (Phi) is 7.76. The number of hydrogen-bond acceptors (Lipinski definition) is 5. The normalized spacial score (nSPS) is 16.0. The van der Waals surface area contributed by atoms with E-state index in [0.29, 0.717) is 0 Å². The lowest BCUT2D eigenvalue weighted by Gasteiger charge is -2.25. The van der Waals surface area contributed by atoms with Crippen molar-refractivity contribution in [1.29, 1.82) is 0 Å². The molecule has 0 spiro atoms. The summed E-state index contributed by atoms with van der Waals surface area (Å²) in [5, 5.41) is 3.32. The van der Waals surface area contributed by atoms with Crippen LogP contribution in [0.1, 0.15) is 20.3 Å². The lowest BCUT2D eigenvalue weighted by atomic mass is 10.3. The average Bonchev–Trinajstić information content (AvgIpc) is 2.40. The third-order valence-corrected chi connectivity index (χ3v) is 3.25. The maximum atomic E-state index is 5.62. The molecule has 106 valence electrons. The van der Waals surface area contributed by atoms with Crippen LogP contribution >= 0.6 is 0 Å². The van der Waals surface area contributed by atoms with Crippen LogP contribution in [0.3, 0.4) is 0 Å². The van der Waals surface area contributed by atoms with E-state index >= 15 is 0 Å². The molecule has 0 saturated heterocycles. The molecule has 0 bridgehead atoms. The Hall–Kier alpha value is -0.810. The van der Waals surface area contributed by atoms with Crippen LogP contribution in [0, 0.1) is 0 Å². The highest BCUT2D eigenvalue weighted by molar-refractivity contribution is 5.80. The van der Waals surface area contributed by atoms with Crippen LogP contribution in [0.2, 0.25) is 0 Å². The molecule has 1 rings (SSSR count). The van der Waals surface area contributed by atoms with Gasteiger partial charge in [0.1, 0.15) is 0 Å². The molecule has 0 atom stereocenters. The summed E-state index contributed by atoms with van der Waals surface area (Å²) in [5.74, 6) is 1.01. The van der Waals surface area contributed by atoms with Crippen molar-refractivity contribution in [2.24, 2.45) is 4.99 Å². The Balaban J connectivity index is 2.00. The van der Waals surface area contributed by atoms with Crippen molar-refractivity contribution in [2.45, 2.75) is 20.3 Å². The van der Waals surface area contributed by atoms with E-state index in [4.69, 9.17) is 4.74 Å². The first kappa shape index (κ1) is 15.2. The Labute approximate surface area is 111 Å². The van der Waals surface area contributed by atoms with E-state index in [1.54, 1.807) is 0 Å². The summed E-state index contributed by atoms with van der Waals surface area (Å²) in [6.45, 7) is 12.0. The zero-order chi connectivity index (χ0) is 13.2. The smallest absolute Gasteiger partial charge is 0.193 e. The van der Waals surface area contributed by atoms with Crippen molar-refractivity contribution in [3.63, 3.8) is 0 Å². The zero-order valence-corrected chi connectivity index (χ0v) is 12.1. The molecule has 1 aliphatic heterocycles. The lowest BCUT2D eigenvalue weighted by molar-refractivity contribution is 0.110. The molecule has 1 N–H and O–H groups in total. The van der Waals surface area contributed by atoms with Gasteiger partial charge in [-0.2, -0.15) is 0 Å². The number of ether oxygens (including phenoxy) is 1. The third kappa shape index (κ3) is 5.69. The van der Waals surface area contributed by atoms with Gasteiger partial charge in [-0.15, -0.1) is 0 Å². The maximum absolute atomic E-state index is 5.62. The molecule has 18 heavy (non-hydrogen) atoms. The summed E-state index contributed by atoms with van der Waals surface area (Å²) in [7, 11) is 2.08. The van der Waals surface area contributed by atoms with Crippen LogP contribution in [0.25, 0.3) is 0 Å². The molecule has 5 nitrogen and oxygen atoms in total. The van der Waals surface area contributed by atoms with Gasteiger partial charge in [-0.05, 0) is 19.5 Å². The van der Waals surface area contributed by atoms with Gasteiger partial charge in [0.2, 0.25) is 0 Å². The topological polar surface area (TPSA) is 40.1 Å². The molecule has 0 aliphatic carbocycles. The van der Waals surface area contributed by atoms with Crippen molar-refractivity contribution in [1.82, 2.24) is 15.1 Å². The largest absolute Gasteiger partial charge is 0.378 e. The lowest BCUT2D eigenvalue weighted by Crippen LogP contribution is -2.43. The minimum absolute atomic E-state index is 0.744. The van der Waals surface area contributed by atoms with Crippen LogP contribution < -0.4 is 5.32 Å². The fourth-order valence-corrected chi connectivity index (χ4v) is 1.98. The predicted octanol–water partition coefficient (Wildman–Crippen LogP) is 0.626. The van der Waals surface area contributed by atoms with E-state index in [0.717, 1.165) is 64.9 Å². The minimum atomic E-state index is 0.744. The molecular formula is C13H28N4O. The fraction of sp³-hybridized carbons (Fsp3) is 0.923. The molecule has 0 fully saturated rings. The van der Waals surface area contributed by atoms with Crippen molar-refractivity contribution in [2.75, 3.05) is 59.5 Å². The van der Waals surface area contributed by atoms with Crippen molar-refractivity contribution < 1.29 is 4.74 Å². The minimum Gasteiger partial charge on any atom is -0.378 e. The Morgan fingerprint density at radius 1 is 1.33 bits per heavy atom. The van der Waals surface area contributed by atoms with Gasteiger partial charge in [0, 0.05) is 33.2 Å². The highest BCUT2D eigenvalue weighted by atomic mass is 16.5. The molecule has 0 saturated carbocycles. The SMILES string of the molecule is CCN(CC)CCOCCNC1=NCCCN1C.